The molecular formula is C15H22N4O2. The minimum Gasteiger partial charge on any atom is -0.444 e. The van der Waals surface area contributed by atoms with Crippen LogP contribution >= 0.6 is 0 Å². The molecule has 1 unspecified atom stereocenters. The minimum absolute atomic E-state index is 0.189. The first-order valence-electron chi connectivity index (χ1n) is 6.99. The molecule has 6 heteroatoms. The Hall–Kier alpha value is -2.08. The highest BCUT2D eigenvalue weighted by Gasteiger charge is 2.17. The van der Waals surface area contributed by atoms with Gasteiger partial charge in [-0.05, 0) is 44.9 Å². The number of fused-ring (bicyclic) bond motifs is 1. The van der Waals surface area contributed by atoms with E-state index in [1.165, 1.54) is 0 Å². The second kappa shape index (κ2) is 6.13. The highest BCUT2D eigenvalue weighted by atomic mass is 16.6. The van der Waals surface area contributed by atoms with Crippen molar-refractivity contribution in [2.75, 3.05) is 6.54 Å². The number of nitrogens with two attached hydrogens (primary N) is 1. The summed E-state index contributed by atoms with van der Waals surface area (Å²) < 4.78 is 6.98. The number of hydrogen-bond acceptors (Lipinski definition) is 4. The Balaban J connectivity index is 1.87. The number of rotatable bonds is 4. The summed E-state index contributed by atoms with van der Waals surface area (Å²) in [7, 11) is 0. The van der Waals surface area contributed by atoms with Crippen LogP contribution < -0.4 is 11.1 Å². The number of pyridine rings is 1. The largest absolute Gasteiger partial charge is 0.444 e. The van der Waals surface area contributed by atoms with Gasteiger partial charge in [0.15, 0.2) is 0 Å². The smallest absolute Gasteiger partial charge is 0.407 e. The number of aromatic nitrogens is 2. The van der Waals surface area contributed by atoms with Crippen molar-refractivity contribution in [3.63, 3.8) is 0 Å². The zero-order valence-corrected chi connectivity index (χ0v) is 12.7. The number of carbonyl (C=O) groups is 1. The average molecular weight is 290 g/mol. The van der Waals surface area contributed by atoms with Crippen molar-refractivity contribution in [3.8, 4) is 0 Å². The Morgan fingerprint density at radius 1 is 1.48 bits per heavy atom. The van der Waals surface area contributed by atoms with Gasteiger partial charge >= 0.3 is 6.09 Å². The lowest BCUT2D eigenvalue weighted by atomic mass is 10.1. The molecule has 2 aromatic rings. The van der Waals surface area contributed by atoms with Crippen molar-refractivity contribution in [1.29, 1.82) is 0 Å². The summed E-state index contributed by atoms with van der Waals surface area (Å²) in [5, 5.41) is 6.95. The molecule has 0 aromatic carbocycles. The Morgan fingerprint density at radius 3 is 2.95 bits per heavy atom. The van der Waals surface area contributed by atoms with Gasteiger partial charge in [-0.15, -0.1) is 0 Å². The Bertz CT molecular complexity index is 615. The topological polar surface area (TPSA) is 81.6 Å². The van der Waals surface area contributed by atoms with Gasteiger partial charge < -0.3 is 15.8 Å². The van der Waals surface area contributed by atoms with Crippen LogP contribution in [-0.4, -0.2) is 33.9 Å². The van der Waals surface area contributed by atoms with Gasteiger partial charge in [0.25, 0.3) is 0 Å². The molecule has 1 atom stereocenters. The molecule has 3 N–H and O–H groups in total. The number of ether oxygens (including phenoxy) is 1. The lowest BCUT2D eigenvalue weighted by Crippen LogP contribution is -2.41. The normalized spacial score (nSPS) is 13.1. The predicted octanol–water partition coefficient (Wildman–Crippen LogP) is 1.73. The van der Waals surface area contributed by atoms with E-state index in [4.69, 9.17) is 10.5 Å². The van der Waals surface area contributed by atoms with Gasteiger partial charge in [-0.3, -0.25) is 0 Å². The van der Waals surface area contributed by atoms with Crippen LogP contribution in [0.3, 0.4) is 0 Å². The maximum Gasteiger partial charge on any atom is 0.407 e. The lowest BCUT2D eigenvalue weighted by Gasteiger charge is -2.20. The number of nitrogens with one attached hydrogen (secondary N) is 1. The molecule has 0 fully saturated rings. The summed E-state index contributed by atoms with van der Waals surface area (Å²) in [5.41, 5.74) is 7.65. The van der Waals surface area contributed by atoms with Gasteiger partial charge in [0.05, 0.1) is 11.7 Å². The molecule has 0 saturated carbocycles. The zero-order chi connectivity index (χ0) is 15.5. The molecule has 2 heterocycles. The van der Waals surface area contributed by atoms with E-state index in [9.17, 15) is 4.79 Å². The predicted molar refractivity (Wildman–Crippen MR) is 81.1 cm³/mol. The molecule has 0 bridgehead atoms. The van der Waals surface area contributed by atoms with E-state index in [-0.39, 0.29) is 6.04 Å². The van der Waals surface area contributed by atoms with Crippen molar-refractivity contribution >= 4 is 11.6 Å². The Kier molecular flexibility index (Phi) is 4.47. The third kappa shape index (κ3) is 4.46. The molecular weight excluding hydrogens is 268 g/mol. The van der Waals surface area contributed by atoms with Crippen LogP contribution in [0.25, 0.3) is 5.52 Å². The first-order valence-corrected chi connectivity index (χ1v) is 6.99. The Morgan fingerprint density at radius 2 is 2.24 bits per heavy atom. The van der Waals surface area contributed by atoms with E-state index < -0.39 is 11.7 Å². The van der Waals surface area contributed by atoms with E-state index in [1.54, 1.807) is 0 Å². The highest BCUT2D eigenvalue weighted by molar-refractivity contribution is 5.67. The van der Waals surface area contributed by atoms with Crippen molar-refractivity contribution < 1.29 is 9.53 Å². The van der Waals surface area contributed by atoms with Gasteiger partial charge in [-0.25, -0.2) is 9.31 Å². The molecule has 0 radical (unpaired) electrons. The monoisotopic (exact) mass is 290 g/mol. The molecule has 0 spiro atoms. The number of amides is 1. The highest BCUT2D eigenvalue weighted by Crippen LogP contribution is 2.11. The number of nitrogens with zero attached hydrogens (tertiary/aromatic N) is 2. The molecule has 114 valence electrons. The standard InChI is InChI=1S/C15H22N4O2/c1-15(2,3)21-14(20)17-10-12(16)8-11-9-18-19-7-5-4-6-13(11)19/h4-7,9,12H,8,10,16H2,1-3H3,(H,17,20). The lowest BCUT2D eigenvalue weighted by molar-refractivity contribution is 0.0524. The first-order chi connectivity index (χ1) is 9.85. The van der Waals surface area contributed by atoms with E-state index >= 15 is 0 Å². The van der Waals surface area contributed by atoms with Gasteiger partial charge in [0, 0.05) is 18.8 Å². The summed E-state index contributed by atoms with van der Waals surface area (Å²) in [4.78, 5) is 11.6. The molecule has 0 saturated heterocycles. The summed E-state index contributed by atoms with van der Waals surface area (Å²) in [6.07, 6.45) is 3.90. The molecule has 2 aromatic heterocycles. The second-order valence-corrected chi connectivity index (χ2v) is 6.05. The maximum atomic E-state index is 11.6. The van der Waals surface area contributed by atoms with Crippen molar-refractivity contribution in [2.24, 2.45) is 5.73 Å². The molecule has 1 amide bonds. The van der Waals surface area contributed by atoms with Crippen LogP contribution in [0.15, 0.2) is 30.6 Å². The van der Waals surface area contributed by atoms with Crippen LogP contribution in [0.5, 0.6) is 0 Å². The van der Waals surface area contributed by atoms with Crippen molar-refractivity contribution in [1.82, 2.24) is 14.9 Å². The first kappa shape index (κ1) is 15.3. The van der Waals surface area contributed by atoms with Gasteiger partial charge in [-0.1, -0.05) is 6.07 Å². The van der Waals surface area contributed by atoms with Crippen LogP contribution in [0.1, 0.15) is 26.3 Å². The number of hydrogen-bond donors (Lipinski definition) is 2. The average Bonchev–Trinajstić information content (AvgIpc) is 2.78. The van der Waals surface area contributed by atoms with Crippen LogP contribution in [0.4, 0.5) is 4.79 Å². The van der Waals surface area contributed by atoms with Crippen LogP contribution in [0.2, 0.25) is 0 Å². The number of carbonyl (C=O) groups excluding carboxylic acids is 1. The molecule has 0 aliphatic heterocycles. The van der Waals surface area contributed by atoms with E-state index in [0.29, 0.717) is 13.0 Å². The van der Waals surface area contributed by atoms with E-state index in [0.717, 1.165) is 11.1 Å². The summed E-state index contributed by atoms with van der Waals surface area (Å²) in [6.45, 7) is 5.83. The van der Waals surface area contributed by atoms with Crippen molar-refractivity contribution in [3.05, 3.63) is 36.2 Å². The fourth-order valence-electron chi connectivity index (χ4n) is 2.03. The zero-order valence-electron chi connectivity index (χ0n) is 12.7. The molecule has 0 aliphatic rings. The third-order valence-corrected chi connectivity index (χ3v) is 2.90. The van der Waals surface area contributed by atoms with Crippen LogP contribution in [-0.2, 0) is 11.2 Å². The summed E-state index contributed by atoms with van der Waals surface area (Å²) >= 11 is 0. The second-order valence-electron chi connectivity index (χ2n) is 6.05. The maximum absolute atomic E-state index is 11.6. The molecule has 6 nitrogen and oxygen atoms in total. The fourth-order valence-corrected chi connectivity index (χ4v) is 2.03. The SMILES string of the molecule is CC(C)(C)OC(=O)NCC(N)Cc1cnn2ccccc12. The van der Waals surface area contributed by atoms with Gasteiger partial charge in [0.2, 0.25) is 0 Å². The summed E-state index contributed by atoms with van der Waals surface area (Å²) in [5.74, 6) is 0. The summed E-state index contributed by atoms with van der Waals surface area (Å²) in [6, 6.07) is 5.69. The van der Waals surface area contributed by atoms with Gasteiger partial charge in [-0.2, -0.15) is 5.10 Å². The number of alkyl carbamates (subject to hydrolysis) is 1. The molecule has 2 rings (SSSR count). The van der Waals surface area contributed by atoms with E-state index in [2.05, 4.69) is 10.4 Å². The molecule has 0 aliphatic carbocycles. The quantitative estimate of drug-likeness (QED) is 0.898. The fraction of sp³-hybridized carbons (Fsp3) is 0.467. The van der Waals surface area contributed by atoms with Crippen molar-refractivity contribution in [2.45, 2.75) is 38.8 Å². The van der Waals surface area contributed by atoms with E-state index in [1.807, 2.05) is 55.9 Å². The van der Waals surface area contributed by atoms with Gasteiger partial charge in [0.1, 0.15) is 5.60 Å². The van der Waals surface area contributed by atoms with Crippen LogP contribution in [0, 0.1) is 0 Å². The minimum atomic E-state index is -0.503. The third-order valence-electron chi connectivity index (χ3n) is 2.90. The molecule has 21 heavy (non-hydrogen) atoms. The Labute approximate surface area is 124 Å².